The van der Waals surface area contributed by atoms with Crippen molar-refractivity contribution in [2.75, 3.05) is 18.0 Å². The Morgan fingerprint density at radius 3 is 3.17 bits per heavy atom. The van der Waals surface area contributed by atoms with E-state index in [2.05, 4.69) is 25.6 Å². The van der Waals surface area contributed by atoms with E-state index in [1.807, 2.05) is 35.7 Å². The summed E-state index contributed by atoms with van der Waals surface area (Å²) in [6.45, 7) is 2.69. The Kier molecular flexibility index (Phi) is 4.53. The maximum Gasteiger partial charge on any atom is 0.177 e. The molecule has 0 amide bonds. The SMILES string of the molecule is c1cnnc(N2CCCC(NCc3cc(-c4cccs4)on3)C2)c1. The van der Waals surface area contributed by atoms with Gasteiger partial charge in [0.05, 0.1) is 10.6 Å². The van der Waals surface area contributed by atoms with Crippen LogP contribution < -0.4 is 10.2 Å². The molecule has 4 rings (SSSR count). The monoisotopic (exact) mass is 341 g/mol. The highest BCUT2D eigenvalue weighted by atomic mass is 32.1. The van der Waals surface area contributed by atoms with E-state index in [0.29, 0.717) is 12.6 Å². The average Bonchev–Trinajstić information content (AvgIpc) is 3.32. The van der Waals surface area contributed by atoms with Crippen LogP contribution in [0.5, 0.6) is 0 Å². The Hall–Kier alpha value is -2.25. The largest absolute Gasteiger partial charge is 0.355 e. The standard InChI is InChI=1S/C17H19N5OS/c1-6-17(20-19-7-1)22-8-2-4-13(12-22)18-11-14-10-15(23-21-14)16-5-3-9-24-16/h1,3,5-7,9-10,13,18H,2,4,8,11-12H2. The van der Waals surface area contributed by atoms with Crippen molar-refractivity contribution in [2.24, 2.45) is 0 Å². The molecule has 0 aromatic carbocycles. The first kappa shape index (κ1) is 15.3. The topological polar surface area (TPSA) is 67.1 Å². The second-order valence-corrected chi connectivity index (χ2v) is 6.86. The minimum absolute atomic E-state index is 0.419. The molecule has 0 aliphatic carbocycles. The van der Waals surface area contributed by atoms with E-state index in [9.17, 15) is 0 Å². The number of hydrogen-bond acceptors (Lipinski definition) is 7. The van der Waals surface area contributed by atoms with Crippen LogP contribution in [-0.4, -0.2) is 34.5 Å². The number of anilines is 1. The van der Waals surface area contributed by atoms with E-state index in [4.69, 9.17) is 4.52 Å². The molecule has 1 N–H and O–H groups in total. The number of hydrogen-bond donors (Lipinski definition) is 1. The molecule has 1 aliphatic heterocycles. The maximum absolute atomic E-state index is 5.43. The van der Waals surface area contributed by atoms with E-state index in [1.54, 1.807) is 17.5 Å². The zero-order chi connectivity index (χ0) is 16.2. The maximum atomic E-state index is 5.43. The molecule has 1 aliphatic rings. The molecule has 24 heavy (non-hydrogen) atoms. The van der Waals surface area contributed by atoms with Crippen molar-refractivity contribution in [3.8, 4) is 10.6 Å². The molecule has 0 saturated carbocycles. The summed E-state index contributed by atoms with van der Waals surface area (Å²) in [6, 6.07) is 10.4. The molecule has 124 valence electrons. The quantitative estimate of drug-likeness (QED) is 0.769. The normalized spacial score (nSPS) is 18.0. The van der Waals surface area contributed by atoms with Crippen molar-refractivity contribution in [1.82, 2.24) is 20.7 Å². The average molecular weight is 341 g/mol. The zero-order valence-electron chi connectivity index (χ0n) is 13.3. The summed E-state index contributed by atoms with van der Waals surface area (Å²) in [6.07, 6.45) is 4.01. The summed E-state index contributed by atoms with van der Waals surface area (Å²) in [4.78, 5) is 3.40. The number of nitrogens with zero attached hydrogens (tertiary/aromatic N) is 4. The first-order valence-corrected chi connectivity index (χ1v) is 9.02. The van der Waals surface area contributed by atoms with E-state index in [0.717, 1.165) is 48.1 Å². The van der Waals surface area contributed by atoms with Crippen molar-refractivity contribution in [1.29, 1.82) is 0 Å². The van der Waals surface area contributed by atoms with Crippen LogP contribution in [0.15, 0.2) is 46.4 Å². The molecular weight excluding hydrogens is 322 g/mol. The molecule has 0 bridgehead atoms. The van der Waals surface area contributed by atoms with Gasteiger partial charge in [-0.15, -0.1) is 16.4 Å². The number of thiophene rings is 1. The lowest BCUT2D eigenvalue weighted by Crippen LogP contribution is -2.45. The fraction of sp³-hybridized carbons (Fsp3) is 0.353. The second-order valence-electron chi connectivity index (χ2n) is 5.91. The van der Waals surface area contributed by atoms with E-state index < -0.39 is 0 Å². The van der Waals surface area contributed by atoms with Crippen LogP contribution in [0.1, 0.15) is 18.5 Å². The van der Waals surface area contributed by atoms with Gasteiger partial charge in [0.15, 0.2) is 11.6 Å². The summed E-state index contributed by atoms with van der Waals surface area (Å²) in [7, 11) is 0. The van der Waals surface area contributed by atoms with Crippen LogP contribution in [0.2, 0.25) is 0 Å². The Morgan fingerprint density at radius 2 is 2.33 bits per heavy atom. The lowest BCUT2D eigenvalue weighted by atomic mass is 10.1. The predicted octanol–water partition coefficient (Wildman–Crippen LogP) is 2.95. The Balaban J connectivity index is 1.34. The Bertz CT molecular complexity index is 758. The van der Waals surface area contributed by atoms with Gasteiger partial charge >= 0.3 is 0 Å². The van der Waals surface area contributed by atoms with Crippen LogP contribution in [0.4, 0.5) is 5.82 Å². The van der Waals surface area contributed by atoms with Gasteiger partial charge in [0, 0.05) is 37.9 Å². The van der Waals surface area contributed by atoms with E-state index >= 15 is 0 Å². The van der Waals surface area contributed by atoms with Gasteiger partial charge in [-0.3, -0.25) is 0 Å². The molecule has 1 saturated heterocycles. The third-order valence-electron chi connectivity index (χ3n) is 4.20. The molecule has 3 aromatic heterocycles. The van der Waals surface area contributed by atoms with Crippen LogP contribution >= 0.6 is 11.3 Å². The molecule has 3 aromatic rings. The number of nitrogens with one attached hydrogen (secondary N) is 1. The van der Waals surface area contributed by atoms with Gasteiger partial charge in [0.1, 0.15) is 0 Å². The summed E-state index contributed by atoms with van der Waals surface area (Å²) in [5.41, 5.74) is 0.940. The molecule has 1 atom stereocenters. The third-order valence-corrected chi connectivity index (χ3v) is 5.08. The molecule has 4 heterocycles. The summed E-state index contributed by atoms with van der Waals surface area (Å²) in [5.74, 6) is 1.79. The lowest BCUT2D eigenvalue weighted by molar-refractivity contribution is 0.395. The Labute approximate surface area is 144 Å². The van der Waals surface area contributed by atoms with Crippen LogP contribution in [0.3, 0.4) is 0 Å². The van der Waals surface area contributed by atoms with Gasteiger partial charge in [-0.25, -0.2) is 0 Å². The van der Waals surface area contributed by atoms with Crippen LogP contribution in [0.25, 0.3) is 10.6 Å². The van der Waals surface area contributed by atoms with Gasteiger partial charge < -0.3 is 14.7 Å². The van der Waals surface area contributed by atoms with E-state index in [-0.39, 0.29) is 0 Å². The first-order valence-electron chi connectivity index (χ1n) is 8.14. The van der Waals surface area contributed by atoms with Gasteiger partial charge in [-0.2, -0.15) is 5.10 Å². The second kappa shape index (κ2) is 7.11. The van der Waals surface area contributed by atoms with Gasteiger partial charge in [-0.05, 0) is 36.4 Å². The van der Waals surface area contributed by atoms with Crippen LogP contribution in [-0.2, 0) is 6.54 Å². The molecule has 7 heteroatoms. The smallest absolute Gasteiger partial charge is 0.177 e. The van der Waals surface area contributed by atoms with Crippen molar-refractivity contribution >= 4 is 17.2 Å². The third kappa shape index (κ3) is 3.47. The van der Waals surface area contributed by atoms with Gasteiger partial charge in [0.2, 0.25) is 0 Å². The first-order chi connectivity index (χ1) is 11.9. The predicted molar refractivity (Wildman–Crippen MR) is 93.9 cm³/mol. The number of piperidine rings is 1. The molecule has 6 nitrogen and oxygen atoms in total. The molecule has 0 spiro atoms. The fourth-order valence-electron chi connectivity index (χ4n) is 2.99. The molecule has 1 unspecified atom stereocenters. The van der Waals surface area contributed by atoms with Crippen molar-refractivity contribution in [3.63, 3.8) is 0 Å². The minimum Gasteiger partial charge on any atom is -0.355 e. The zero-order valence-corrected chi connectivity index (χ0v) is 14.1. The minimum atomic E-state index is 0.419. The fourth-order valence-corrected chi connectivity index (χ4v) is 3.67. The highest BCUT2D eigenvalue weighted by Gasteiger charge is 2.21. The summed E-state index contributed by atoms with van der Waals surface area (Å²) >= 11 is 1.66. The molecule has 1 fully saturated rings. The summed E-state index contributed by atoms with van der Waals surface area (Å²) in [5, 5.41) is 18.0. The number of rotatable bonds is 5. The molecule has 0 radical (unpaired) electrons. The van der Waals surface area contributed by atoms with Crippen LogP contribution in [0, 0.1) is 0 Å². The highest BCUT2D eigenvalue weighted by molar-refractivity contribution is 7.13. The number of aromatic nitrogens is 3. The Morgan fingerprint density at radius 1 is 1.33 bits per heavy atom. The van der Waals surface area contributed by atoms with Crippen molar-refractivity contribution in [2.45, 2.75) is 25.4 Å². The summed E-state index contributed by atoms with van der Waals surface area (Å²) < 4.78 is 5.43. The molecular formula is C17H19N5OS. The van der Waals surface area contributed by atoms with Gasteiger partial charge in [-0.1, -0.05) is 11.2 Å². The van der Waals surface area contributed by atoms with Crippen molar-refractivity contribution in [3.05, 3.63) is 47.6 Å². The lowest BCUT2D eigenvalue weighted by Gasteiger charge is -2.33. The van der Waals surface area contributed by atoms with Gasteiger partial charge in [0.25, 0.3) is 0 Å². The van der Waals surface area contributed by atoms with E-state index in [1.165, 1.54) is 0 Å². The highest BCUT2D eigenvalue weighted by Crippen LogP contribution is 2.25. The van der Waals surface area contributed by atoms with Crippen molar-refractivity contribution < 1.29 is 4.52 Å².